The van der Waals surface area contributed by atoms with E-state index in [1.54, 1.807) is 0 Å². The topological polar surface area (TPSA) is 88.8 Å². The Bertz CT molecular complexity index is 706. The van der Waals surface area contributed by atoms with E-state index in [4.69, 9.17) is 14.3 Å². The Balaban J connectivity index is 1.66. The second-order valence-corrected chi connectivity index (χ2v) is 4.99. The lowest BCUT2D eigenvalue weighted by Crippen LogP contribution is -2.33. The molecule has 1 aliphatic heterocycles. The number of benzene rings is 1. The van der Waals surface area contributed by atoms with Crippen molar-refractivity contribution in [3.63, 3.8) is 0 Å². The number of aromatic carboxylic acids is 1. The molecule has 0 spiro atoms. The van der Waals surface area contributed by atoms with Gasteiger partial charge in [0.2, 0.25) is 5.76 Å². The van der Waals surface area contributed by atoms with Gasteiger partial charge in [0.05, 0.1) is 13.2 Å². The molecule has 6 heteroatoms. The first-order valence-corrected chi connectivity index (χ1v) is 6.94. The van der Waals surface area contributed by atoms with Gasteiger partial charge in [0.15, 0.2) is 6.10 Å². The van der Waals surface area contributed by atoms with Crippen LogP contribution in [0.5, 0.6) is 0 Å². The number of rotatable bonds is 4. The highest BCUT2D eigenvalue weighted by atomic mass is 16.5. The molecule has 3 rings (SSSR count). The van der Waals surface area contributed by atoms with Crippen molar-refractivity contribution < 1.29 is 23.8 Å². The van der Waals surface area contributed by atoms with Crippen molar-refractivity contribution in [3.8, 4) is 0 Å². The van der Waals surface area contributed by atoms with Crippen LogP contribution in [-0.4, -0.2) is 23.6 Å². The first-order valence-electron chi connectivity index (χ1n) is 6.94. The van der Waals surface area contributed by atoms with Gasteiger partial charge in [-0.05, 0) is 29.7 Å². The molecule has 1 atom stereocenters. The Labute approximate surface area is 126 Å². The summed E-state index contributed by atoms with van der Waals surface area (Å²) in [7, 11) is 0. The van der Waals surface area contributed by atoms with E-state index >= 15 is 0 Å². The van der Waals surface area contributed by atoms with Gasteiger partial charge >= 0.3 is 5.97 Å². The average Bonchev–Trinajstić information content (AvgIpc) is 3.01. The number of furan rings is 1. The summed E-state index contributed by atoms with van der Waals surface area (Å²) >= 11 is 0. The van der Waals surface area contributed by atoms with E-state index in [1.807, 2.05) is 24.3 Å². The molecule has 2 aromatic rings. The maximum absolute atomic E-state index is 12.3. The van der Waals surface area contributed by atoms with Crippen molar-refractivity contribution in [1.29, 1.82) is 0 Å². The molecule has 1 aliphatic rings. The number of ether oxygens (including phenoxy) is 1. The summed E-state index contributed by atoms with van der Waals surface area (Å²) in [5.74, 6) is -1.17. The highest BCUT2D eigenvalue weighted by molar-refractivity contribution is 5.84. The molecule has 0 aliphatic carbocycles. The molecule has 6 nitrogen and oxygen atoms in total. The van der Waals surface area contributed by atoms with Crippen molar-refractivity contribution in [3.05, 3.63) is 59.0 Å². The Morgan fingerprint density at radius 3 is 2.82 bits per heavy atom. The quantitative estimate of drug-likeness (QED) is 0.900. The third kappa shape index (κ3) is 2.87. The number of amides is 1. The summed E-state index contributed by atoms with van der Waals surface area (Å²) in [5.41, 5.74) is 1.98. The van der Waals surface area contributed by atoms with Crippen LogP contribution in [-0.2, 0) is 22.5 Å². The fourth-order valence-corrected chi connectivity index (χ4v) is 2.47. The van der Waals surface area contributed by atoms with E-state index in [1.165, 1.54) is 12.1 Å². The summed E-state index contributed by atoms with van der Waals surface area (Å²) in [6.07, 6.45) is 0.152. The standard InChI is InChI=1S/C16H15NO5/c18-15(17-9-11-5-6-13(22-11)16(19)20)14-12-4-2-1-3-10(12)7-8-21-14/h1-6,14H,7-9H2,(H,17,18)(H,19,20)/t14-/m1/s1. The van der Waals surface area contributed by atoms with Gasteiger partial charge in [0.25, 0.3) is 5.91 Å². The fourth-order valence-electron chi connectivity index (χ4n) is 2.47. The first-order chi connectivity index (χ1) is 10.6. The molecule has 2 heterocycles. The van der Waals surface area contributed by atoms with Crippen LogP contribution in [0.4, 0.5) is 0 Å². The van der Waals surface area contributed by atoms with Crippen LogP contribution in [0, 0.1) is 0 Å². The van der Waals surface area contributed by atoms with Crippen molar-refractivity contribution >= 4 is 11.9 Å². The van der Waals surface area contributed by atoms with E-state index < -0.39 is 12.1 Å². The number of fused-ring (bicyclic) bond motifs is 1. The molecule has 2 N–H and O–H groups in total. The van der Waals surface area contributed by atoms with Gasteiger partial charge in [-0.1, -0.05) is 24.3 Å². The molecule has 114 valence electrons. The van der Waals surface area contributed by atoms with E-state index in [2.05, 4.69) is 5.32 Å². The van der Waals surface area contributed by atoms with E-state index in [0.717, 1.165) is 17.5 Å². The van der Waals surface area contributed by atoms with Crippen LogP contribution in [0.3, 0.4) is 0 Å². The lowest BCUT2D eigenvalue weighted by Gasteiger charge is -2.25. The largest absolute Gasteiger partial charge is 0.475 e. The fraction of sp³-hybridized carbons (Fsp3) is 0.250. The van der Waals surface area contributed by atoms with Crippen LogP contribution >= 0.6 is 0 Å². The normalized spacial score (nSPS) is 16.8. The highest BCUT2D eigenvalue weighted by Crippen LogP contribution is 2.27. The molecule has 22 heavy (non-hydrogen) atoms. The Morgan fingerprint density at radius 1 is 1.23 bits per heavy atom. The van der Waals surface area contributed by atoms with Crippen LogP contribution in [0.1, 0.15) is 33.5 Å². The van der Waals surface area contributed by atoms with Crippen LogP contribution in [0.2, 0.25) is 0 Å². The van der Waals surface area contributed by atoms with Gasteiger partial charge in [-0.2, -0.15) is 0 Å². The summed E-state index contributed by atoms with van der Waals surface area (Å²) < 4.78 is 10.7. The van der Waals surface area contributed by atoms with Crippen molar-refractivity contribution in [2.75, 3.05) is 6.61 Å². The maximum Gasteiger partial charge on any atom is 0.371 e. The number of hydrogen-bond donors (Lipinski definition) is 2. The highest BCUT2D eigenvalue weighted by Gasteiger charge is 2.27. The predicted octanol–water partition coefficient (Wildman–Crippen LogP) is 1.91. The van der Waals surface area contributed by atoms with Gasteiger partial charge in [-0.15, -0.1) is 0 Å². The minimum Gasteiger partial charge on any atom is -0.475 e. The maximum atomic E-state index is 12.3. The number of carboxylic acid groups (broad SMARTS) is 1. The lowest BCUT2D eigenvalue weighted by molar-refractivity contribution is -0.134. The smallest absolute Gasteiger partial charge is 0.371 e. The monoisotopic (exact) mass is 301 g/mol. The first kappa shape index (κ1) is 14.3. The average molecular weight is 301 g/mol. The van der Waals surface area contributed by atoms with E-state index in [0.29, 0.717) is 12.4 Å². The van der Waals surface area contributed by atoms with Gasteiger partial charge in [-0.25, -0.2) is 4.79 Å². The minimum atomic E-state index is -1.14. The van der Waals surface area contributed by atoms with Gasteiger partial charge in [-0.3, -0.25) is 4.79 Å². The predicted molar refractivity (Wildman–Crippen MR) is 76.4 cm³/mol. The molecule has 0 radical (unpaired) electrons. The molecule has 0 unspecified atom stereocenters. The zero-order valence-corrected chi connectivity index (χ0v) is 11.7. The zero-order valence-electron chi connectivity index (χ0n) is 11.7. The number of carboxylic acids is 1. The molecular formula is C16H15NO5. The number of carbonyl (C=O) groups excluding carboxylic acids is 1. The summed E-state index contributed by atoms with van der Waals surface area (Å²) in [6, 6.07) is 10.6. The second-order valence-electron chi connectivity index (χ2n) is 4.99. The molecule has 1 amide bonds. The number of carbonyl (C=O) groups is 2. The lowest BCUT2D eigenvalue weighted by atomic mass is 9.97. The van der Waals surface area contributed by atoms with E-state index in [-0.39, 0.29) is 18.2 Å². The Kier molecular flexibility index (Phi) is 3.93. The van der Waals surface area contributed by atoms with E-state index in [9.17, 15) is 9.59 Å². The third-order valence-electron chi connectivity index (χ3n) is 3.54. The van der Waals surface area contributed by atoms with Crippen molar-refractivity contribution in [2.24, 2.45) is 0 Å². The molecular weight excluding hydrogens is 286 g/mol. The molecule has 1 aromatic carbocycles. The zero-order chi connectivity index (χ0) is 15.5. The summed E-state index contributed by atoms with van der Waals surface area (Å²) in [4.78, 5) is 23.0. The van der Waals surface area contributed by atoms with Gasteiger partial charge < -0.3 is 19.6 Å². The van der Waals surface area contributed by atoms with Crippen LogP contribution in [0.15, 0.2) is 40.8 Å². The van der Waals surface area contributed by atoms with Crippen LogP contribution in [0.25, 0.3) is 0 Å². The summed E-state index contributed by atoms with van der Waals surface area (Å²) in [6.45, 7) is 0.618. The van der Waals surface area contributed by atoms with Crippen molar-refractivity contribution in [2.45, 2.75) is 19.1 Å². The molecule has 0 fully saturated rings. The molecule has 0 saturated carbocycles. The minimum absolute atomic E-state index is 0.119. The number of nitrogens with one attached hydrogen (secondary N) is 1. The number of hydrogen-bond acceptors (Lipinski definition) is 4. The summed E-state index contributed by atoms with van der Waals surface area (Å²) in [5, 5.41) is 11.5. The molecule has 0 bridgehead atoms. The SMILES string of the molecule is O=C(O)c1ccc(CNC(=O)[C@@H]2OCCc3ccccc32)o1. The third-order valence-corrected chi connectivity index (χ3v) is 3.54. The Morgan fingerprint density at radius 2 is 2.05 bits per heavy atom. The molecule has 0 saturated heterocycles. The van der Waals surface area contributed by atoms with Gasteiger partial charge in [0, 0.05) is 0 Å². The Hall–Kier alpha value is -2.60. The van der Waals surface area contributed by atoms with Crippen molar-refractivity contribution in [1.82, 2.24) is 5.32 Å². The molecule has 1 aromatic heterocycles. The van der Waals surface area contributed by atoms with Gasteiger partial charge in [0.1, 0.15) is 5.76 Å². The second kappa shape index (κ2) is 6.03. The van der Waals surface area contributed by atoms with Crippen LogP contribution < -0.4 is 5.32 Å².